The third-order valence-corrected chi connectivity index (χ3v) is 1.72. The number of rotatable bonds is 0. The van der Waals surface area contributed by atoms with E-state index < -0.39 is 0 Å². The monoisotopic (exact) mass is 155 g/mol. The molecule has 0 saturated carbocycles. The second kappa shape index (κ2) is 2.68. The Bertz CT molecular complexity index is 198. The summed E-state index contributed by atoms with van der Waals surface area (Å²) in [7, 11) is 0. The van der Waals surface area contributed by atoms with Crippen LogP contribution in [0.5, 0.6) is 0 Å². The molecule has 0 aromatic heterocycles. The Morgan fingerprint density at radius 2 is 2.09 bits per heavy atom. The van der Waals surface area contributed by atoms with Crippen LogP contribution in [0.25, 0.3) is 0 Å². The Hall–Kier alpha value is -0.790. The van der Waals surface area contributed by atoms with Crippen LogP contribution in [0, 0.1) is 0 Å². The molecule has 0 unspecified atom stereocenters. The molecule has 2 heteroatoms. The fourth-order valence-corrected chi connectivity index (χ4v) is 0.991. The third kappa shape index (κ3) is 2.07. The van der Waals surface area contributed by atoms with Crippen molar-refractivity contribution in [3.63, 3.8) is 0 Å². The van der Waals surface area contributed by atoms with Gasteiger partial charge in [-0.1, -0.05) is 6.08 Å². The van der Waals surface area contributed by atoms with Gasteiger partial charge >= 0.3 is 0 Å². The molecule has 0 aliphatic carbocycles. The lowest BCUT2D eigenvalue weighted by Gasteiger charge is -2.35. The van der Waals surface area contributed by atoms with Crippen LogP contribution in [-0.2, 0) is 0 Å². The fraction of sp³-hybridized carbons (Fsp3) is 0.556. The van der Waals surface area contributed by atoms with E-state index in [-0.39, 0.29) is 11.4 Å². The largest absolute Gasteiger partial charge is 0.366 e. The van der Waals surface area contributed by atoms with E-state index >= 15 is 0 Å². The summed E-state index contributed by atoms with van der Waals surface area (Å²) in [5.74, 6) is -0.161. The van der Waals surface area contributed by atoms with Crippen LogP contribution >= 0.6 is 0 Å². The summed E-state index contributed by atoms with van der Waals surface area (Å²) in [6.45, 7) is 7.00. The minimum Gasteiger partial charge on any atom is -0.366 e. The van der Waals surface area contributed by atoms with Crippen molar-refractivity contribution in [2.75, 3.05) is 6.54 Å². The normalized spacial score (nSPS) is 18.5. The Morgan fingerprint density at radius 3 is 2.45 bits per heavy atom. The number of nitrogens with zero attached hydrogens (tertiary/aromatic N) is 1. The van der Waals surface area contributed by atoms with Gasteiger partial charge in [0.15, 0.2) is 0 Å². The van der Waals surface area contributed by atoms with Crippen molar-refractivity contribution >= 4 is 0 Å². The summed E-state index contributed by atoms with van der Waals surface area (Å²) in [5.41, 5.74) is 0.0160. The van der Waals surface area contributed by atoms with Gasteiger partial charge in [-0.05, 0) is 26.8 Å². The van der Waals surface area contributed by atoms with Gasteiger partial charge in [-0.2, -0.15) is 0 Å². The van der Waals surface area contributed by atoms with E-state index in [1.54, 1.807) is 6.20 Å². The molecule has 0 radical (unpaired) electrons. The molecule has 0 spiro atoms. The zero-order valence-electron chi connectivity index (χ0n) is 7.26. The molecule has 0 fully saturated rings. The van der Waals surface area contributed by atoms with Gasteiger partial charge in [0.05, 0.1) is 0 Å². The van der Waals surface area contributed by atoms with Crippen LogP contribution in [-0.4, -0.2) is 17.0 Å². The first-order chi connectivity index (χ1) is 5.00. The molecule has 0 saturated heterocycles. The Kier molecular flexibility index (Phi) is 2.03. The number of halogens is 1. The predicted octanol–water partition coefficient (Wildman–Crippen LogP) is 2.47. The highest BCUT2D eigenvalue weighted by molar-refractivity contribution is 5.16. The van der Waals surface area contributed by atoms with Gasteiger partial charge in [0.1, 0.15) is 5.83 Å². The van der Waals surface area contributed by atoms with Crippen LogP contribution in [0.3, 0.4) is 0 Å². The molecule has 11 heavy (non-hydrogen) atoms. The van der Waals surface area contributed by atoms with Crippen molar-refractivity contribution in [1.82, 2.24) is 4.90 Å². The van der Waals surface area contributed by atoms with Crippen molar-refractivity contribution in [3.05, 3.63) is 24.2 Å². The quantitative estimate of drug-likeness (QED) is 0.519. The van der Waals surface area contributed by atoms with Crippen LogP contribution in [0.1, 0.15) is 20.8 Å². The molecule has 0 aromatic carbocycles. The van der Waals surface area contributed by atoms with Gasteiger partial charge in [-0.15, -0.1) is 0 Å². The highest BCUT2D eigenvalue weighted by Gasteiger charge is 2.18. The summed E-state index contributed by atoms with van der Waals surface area (Å²) in [6.07, 6.45) is 4.89. The maximum absolute atomic E-state index is 12.7. The van der Waals surface area contributed by atoms with Crippen LogP contribution in [0.4, 0.5) is 4.39 Å². The molecule has 62 valence electrons. The second-order valence-electron chi connectivity index (χ2n) is 3.74. The maximum Gasteiger partial charge on any atom is 0.138 e. The van der Waals surface area contributed by atoms with E-state index in [0.717, 1.165) is 6.54 Å². The summed E-state index contributed by atoms with van der Waals surface area (Å²) in [4.78, 5) is 1.97. The van der Waals surface area contributed by atoms with E-state index in [9.17, 15) is 4.39 Å². The van der Waals surface area contributed by atoms with E-state index in [2.05, 4.69) is 20.8 Å². The zero-order chi connectivity index (χ0) is 8.48. The molecule has 0 amide bonds. The van der Waals surface area contributed by atoms with E-state index in [4.69, 9.17) is 0 Å². The lowest BCUT2D eigenvalue weighted by Crippen LogP contribution is -2.38. The maximum atomic E-state index is 12.7. The second-order valence-corrected chi connectivity index (χ2v) is 3.74. The predicted molar refractivity (Wildman–Crippen MR) is 44.8 cm³/mol. The van der Waals surface area contributed by atoms with E-state index in [0.29, 0.717) is 0 Å². The first-order valence-electron chi connectivity index (χ1n) is 3.81. The van der Waals surface area contributed by atoms with Gasteiger partial charge in [0.2, 0.25) is 0 Å². The standard InChI is InChI=1S/C9H14FN/c1-9(2,3)11-6-4-5-8(10)7-11/h4-5,7H,6H2,1-3H3. The fourth-order valence-electron chi connectivity index (χ4n) is 0.991. The van der Waals surface area contributed by atoms with Gasteiger partial charge in [-0.3, -0.25) is 0 Å². The van der Waals surface area contributed by atoms with Gasteiger partial charge < -0.3 is 4.90 Å². The first kappa shape index (κ1) is 8.31. The molecule has 0 N–H and O–H groups in total. The Labute approximate surface area is 67.2 Å². The molecule has 0 aromatic rings. The van der Waals surface area contributed by atoms with Crippen molar-refractivity contribution in [1.29, 1.82) is 0 Å². The molecule has 1 rings (SSSR count). The highest BCUT2D eigenvalue weighted by Crippen LogP contribution is 2.18. The van der Waals surface area contributed by atoms with Crippen molar-refractivity contribution in [3.8, 4) is 0 Å². The molecule has 0 atom stereocenters. The average Bonchev–Trinajstić information content (AvgIpc) is 1.86. The van der Waals surface area contributed by atoms with Gasteiger partial charge in [0.25, 0.3) is 0 Å². The van der Waals surface area contributed by atoms with E-state index in [1.165, 1.54) is 6.08 Å². The van der Waals surface area contributed by atoms with Crippen molar-refractivity contribution in [2.24, 2.45) is 0 Å². The first-order valence-corrected chi connectivity index (χ1v) is 3.81. The number of allylic oxidation sites excluding steroid dienone is 2. The lowest BCUT2D eigenvalue weighted by molar-refractivity contribution is 0.218. The summed E-state index contributed by atoms with van der Waals surface area (Å²) < 4.78 is 12.7. The van der Waals surface area contributed by atoms with Gasteiger partial charge in [-0.25, -0.2) is 4.39 Å². The Morgan fingerprint density at radius 1 is 1.45 bits per heavy atom. The summed E-state index contributed by atoms with van der Waals surface area (Å²) >= 11 is 0. The SMILES string of the molecule is CC(C)(C)N1C=C(F)C=CC1. The van der Waals surface area contributed by atoms with Crippen molar-refractivity contribution < 1.29 is 4.39 Å². The smallest absolute Gasteiger partial charge is 0.138 e. The molecular weight excluding hydrogens is 141 g/mol. The zero-order valence-corrected chi connectivity index (χ0v) is 7.26. The molecule has 1 aliphatic rings. The molecular formula is C9H14FN. The molecule has 1 nitrogen and oxygen atoms in total. The molecule has 1 aliphatic heterocycles. The highest BCUT2D eigenvalue weighted by atomic mass is 19.1. The van der Waals surface area contributed by atoms with E-state index in [1.807, 2.05) is 11.0 Å². The summed E-state index contributed by atoms with van der Waals surface area (Å²) in [5, 5.41) is 0. The third-order valence-electron chi connectivity index (χ3n) is 1.72. The minimum atomic E-state index is -0.161. The minimum absolute atomic E-state index is 0.0160. The average molecular weight is 155 g/mol. The summed E-state index contributed by atoms with van der Waals surface area (Å²) in [6, 6.07) is 0. The number of hydrogen-bond acceptors (Lipinski definition) is 1. The topological polar surface area (TPSA) is 3.24 Å². The van der Waals surface area contributed by atoms with Gasteiger partial charge in [0, 0.05) is 18.3 Å². The van der Waals surface area contributed by atoms with Crippen LogP contribution in [0.15, 0.2) is 24.2 Å². The lowest BCUT2D eigenvalue weighted by atomic mass is 10.1. The molecule has 0 bridgehead atoms. The van der Waals surface area contributed by atoms with Crippen LogP contribution in [0.2, 0.25) is 0 Å². The number of hydrogen-bond donors (Lipinski definition) is 0. The Balaban J connectivity index is 2.71. The van der Waals surface area contributed by atoms with Crippen molar-refractivity contribution in [2.45, 2.75) is 26.3 Å². The molecule has 1 heterocycles. The van der Waals surface area contributed by atoms with Crippen LogP contribution < -0.4 is 0 Å².